The number of benzene rings is 1. The summed E-state index contributed by atoms with van der Waals surface area (Å²) in [4.78, 5) is 35.6. The number of aryl methyl sites for hydroxylation is 1. The number of hydrogen-bond donors (Lipinski definition) is 4. The molecule has 0 aliphatic rings. The largest absolute Gasteiger partial charge is 0.479 e. The lowest BCUT2D eigenvalue weighted by molar-refractivity contribution is -0.156. The average molecular weight is 368 g/mol. The van der Waals surface area contributed by atoms with Crippen molar-refractivity contribution in [3.8, 4) is 0 Å². The van der Waals surface area contributed by atoms with Crippen LogP contribution in [0.4, 0.5) is 0 Å². The molecular formula is C17H24N2O5S. The number of amides is 2. The zero-order chi connectivity index (χ0) is 19.0. The minimum absolute atomic E-state index is 0.380. The average Bonchev–Trinajstić information content (AvgIpc) is 2.56. The smallest absolute Gasteiger partial charge is 0.337 e. The molecule has 1 aromatic carbocycles. The monoisotopic (exact) mass is 368 g/mol. The maximum absolute atomic E-state index is 12.3. The number of hydrogen-bond acceptors (Lipinski definition) is 5. The molecule has 8 heteroatoms. The Hall–Kier alpha value is -2.06. The van der Waals surface area contributed by atoms with Gasteiger partial charge in [0.05, 0.1) is 6.54 Å². The van der Waals surface area contributed by atoms with Gasteiger partial charge in [-0.3, -0.25) is 9.59 Å². The number of aliphatic carboxylic acids is 1. The molecule has 7 nitrogen and oxygen atoms in total. The van der Waals surface area contributed by atoms with E-state index < -0.39 is 30.1 Å². The van der Waals surface area contributed by atoms with Gasteiger partial charge >= 0.3 is 5.97 Å². The summed E-state index contributed by atoms with van der Waals surface area (Å²) in [7, 11) is 0. The minimum Gasteiger partial charge on any atom is -0.479 e. The molecule has 0 saturated carbocycles. The molecule has 0 aliphatic carbocycles. The maximum Gasteiger partial charge on any atom is 0.337 e. The number of rotatable bonds is 9. The Kier molecular flexibility index (Phi) is 7.92. The molecule has 0 radical (unpaired) electrons. The van der Waals surface area contributed by atoms with Gasteiger partial charge in [0.25, 0.3) is 5.91 Å². The first-order chi connectivity index (χ1) is 11.7. The van der Waals surface area contributed by atoms with Gasteiger partial charge in [-0.1, -0.05) is 17.7 Å². The maximum atomic E-state index is 12.3. The lowest BCUT2D eigenvalue weighted by atomic mass is 10.1. The van der Waals surface area contributed by atoms with Crippen LogP contribution >= 0.6 is 11.8 Å². The zero-order valence-corrected chi connectivity index (χ0v) is 15.4. The van der Waals surface area contributed by atoms with Crippen molar-refractivity contribution in [2.24, 2.45) is 0 Å². The van der Waals surface area contributed by atoms with Crippen molar-refractivity contribution in [3.05, 3.63) is 35.4 Å². The van der Waals surface area contributed by atoms with Crippen molar-refractivity contribution in [3.63, 3.8) is 0 Å². The molecule has 1 rings (SSSR count). The third kappa shape index (κ3) is 6.75. The second kappa shape index (κ2) is 9.43. The molecule has 25 heavy (non-hydrogen) atoms. The van der Waals surface area contributed by atoms with Crippen LogP contribution in [0, 0.1) is 6.92 Å². The first kappa shape index (κ1) is 21.0. The van der Waals surface area contributed by atoms with Crippen LogP contribution in [0.15, 0.2) is 24.3 Å². The van der Waals surface area contributed by atoms with Gasteiger partial charge in [-0.05, 0) is 44.4 Å². The fourth-order valence-corrected chi connectivity index (χ4v) is 2.46. The topological polar surface area (TPSA) is 116 Å². The van der Waals surface area contributed by atoms with Gasteiger partial charge in [0.2, 0.25) is 5.91 Å². The summed E-state index contributed by atoms with van der Waals surface area (Å²) < 4.78 is 0. The summed E-state index contributed by atoms with van der Waals surface area (Å²) in [6, 6.07) is 6.17. The van der Waals surface area contributed by atoms with E-state index in [9.17, 15) is 19.5 Å². The molecule has 0 bridgehead atoms. The third-order valence-electron chi connectivity index (χ3n) is 3.58. The van der Waals surface area contributed by atoms with E-state index in [1.165, 1.54) is 11.8 Å². The number of carboxylic acids is 1. The van der Waals surface area contributed by atoms with Crippen LogP contribution in [0.2, 0.25) is 0 Å². The summed E-state index contributed by atoms with van der Waals surface area (Å²) in [5.41, 5.74) is -0.699. The Morgan fingerprint density at radius 1 is 1.32 bits per heavy atom. The zero-order valence-electron chi connectivity index (χ0n) is 14.5. The molecule has 0 aromatic heterocycles. The summed E-state index contributed by atoms with van der Waals surface area (Å²) in [5.74, 6) is -1.70. The molecule has 1 aromatic rings. The van der Waals surface area contributed by atoms with Crippen molar-refractivity contribution in [2.75, 3.05) is 18.6 Å². The standard InChI is InChI=1S/C17H24N2O5S/c1-11-5-4-6-12(9-11)14(20)19-13(7-8-25-3)15(21)18-10-17(2,24)16(22)23/h4-6,9,13,24H,7-8,10H2,1-3H3,(H,18,21)(H,19,20)(H,22,23). The fourth-order valence-electron chi connectivity index (χ4n) is 1.99. The van der Waals surface area contributed by atoms with Gasteiger partial charge in [0, 0.05) is 5.56 Å². The summed E-state index contributed by atoms with van der Waals surface area (Å²) in [6.45, 7) is 2.51. The van der Waals surface area contributed by atoms with Crippen molar-refractivity contribution in [1.29, 1.82) is 0 Å². The predicted octanol–water partition coefficient (Wildman–Crippen LogP) is 0.798. The van der Waals surface area contributed by atoms with Crippen LogP contribution < -0.4 is 10.6 Å². The SMILES string of the molecule is CSCCC(NC(=O)c1cccc(C)c1)C(=O)NCC(C)(O)C(=O)O. The van der Waals surface area contributed by atoms with Gasteiger partial charge < -0.3 is 20.8 Å². The highest BCUT2D eigenvalue weighted by molar-refractivity contribution is 7.98. The van der Waals surface area contributed by atoms with Crippen molar-refractivity contribution in [1.82, 2.24) is 10.6 Å². The Bertz CT molecular complexity index is 633. The summed E-state index contributed by atoms with van der Waals surface area (Å²) >= 11 is 1.53. The molecule has 0 fully saturated rings. The van der Waals surface area contributed by atoms with Crippen molar-refractivity contribution in [2.45, 2.75) is 31.9 Å². The number of carbonyl (C=O) groups excluding carboxylic acids is 2. The Labute approximate surface area is 151 Å². The van der Waals surface area contributed by atoms with Gasteiger partial charge in [-0.15, -0.1) is 0 Å². The van der Waals surface area contributed by atoms with E-state index in [1.807, 2.05) is 19.2 Å². The molecule has 0 aliphatic heterocycles. The summed E-state index contributed by atoms with van der Waals surface area (Å²) in [6.07, 6.45) is 2.27. The molecule has 0 heterocycles. The Balaban J connectivity index is 2.77. The summed E-state index contributed by atoms with van der Waals surface area (Å²) in [5, 5.41) is 23.6. The number of aliphatic hydroxyl groups is 1. The number of thioether (sulfide) groups is 1. The lowest BCUT2D eigenvalue weighted by Gasteiger charge is -2.22. The van der Waals surface area contributed by atoms with Crippen molar-refractivity contribution >= 4 is 29.5 Å². The molecule has 2 unspecified atom stereocenters. The molecule has 0 spiro atoms. The van der Waals surface area contributed by atoms with Gasteiger partial charge in [0.15, 0.2) is 5.60 Å². The van der Waals surface area contributed by atoms with Gasteiger partial charge in [-0.25, -0.2) is 4.79 Å². The fraction of sp³-hybridized carbons (Fsp3) is 0.471. The van der Waals surface area contributed by atoms with Gasteiger partial charge in [-0.2, -0.15) is 11.8 Å². The van der Waals surface area contributed by atoms with Crippen molar-refractivity contribution < 1.29 is 24.6 Å². The van der Waals surface area contributed by atoms with Crippen LogP contribution in [-0.2, 0) is 9.59 Å². The molecule has 2 atom stereocenters. The molecule has 138 valence electrons. The Morgan fingerprint density at radius 3 is 2.56 bits per heavy atom. The second-order valence-electron chi connectivity index (χ2n) is 5.97. The van der Waals surface area contributed by atoms with Crippen LogP contribution in [0.1, 0.15) is 29.3 Å². The van der Waals surface area contributed by atoms with E-state index in [0.29, 0.717) is 17.7 Å². The van der Waals surface area contributed by atoms with E-state index in [4.69, 9.17) is 5.11 Å². The van der Waals surface area contributed by atoms with Gasteiger partial charge in [0.1, 0.15) is 6.04 Å². The second-order valence-corrected chi connectivity index (χ2v) is 6.96. The molecule has 4 N–H and O–H groups in total. The number of carbonyl (C=O) groups is 3. The Morgan fingerprint density at radius 2 is 2.00 bits per heavy atom. The first-order valence-electron chi connectivity index (χ1n) is 7.77. The quantitative estimate of drug-likeness (QED) is 0.512. The predicted molar refractivity (Wildman–Crippen MR) is 96.7 cm³/mol. The van der Waals surface area contributed by atoms with Crippen LogP contribution in [0.25, 0.3) is 0 Å². The van der Waals surface area contributed by atoms with E-state index in [1.54, 1.807) is 18.2 Å². The van der Waals surface area contributed by atoms with E-state index in [0.717, 1.165) is 12.5 Å². The van der Waals surface area contributed by atoms with E-state index in [2.05, 4.69) is 10.6 Å². The highest BCUT2D eigenvalue weighted by Gasteiger charge is 2.31. The normalized spacial score (nSPS) is 14.2. The highest BCUT2D eigenvalue weighted by Crippen LogP contribution is 2.07. The van der Waals surface area contributed by atoms with Crippen LogP contribution in [-0.4, -0.2) is 58.2 Å². The molecular weight excluding hydrogens is 344 g/mol. The first-order valence-corrected chi connectivity index (χ1v) is 9.16. The van der Waals surface area contributed by atoms with E-state index in [-0.39, 0.29) is 5.91 Å². The van der Waals surface area contributed by atoms with Crippen LogP contribution in [0.5, 0.6) is 0 Å². The third-order valence-corrected chi connectivity index (χ3v) is 4.22. The highest BCUT2D eigenvalue weighted by atomic mass is 32.2. The molecule has 2 amide bonds. The number of nitrogens with one attached hydrogen (secondary N) is 2. The molecule has 0 saturated heterocycles. The number of carboxylic acid groups (broad SMARTS) is 1. The minimum atomic E-state index is -2.07. The van der Waals surface area contributed by atoms with Crippen LogP contribution in [0.3, 0.4) is 0 Å². The lowest BCUT2D eigenvalue weighted by Crippen LogP contribution is -2.52. The van der Waals surface area contributed by atoms with E-state index >= 15 is 0 Å².